The summed E-state index contributed by atoms with van der Waals surface area (Å²) in [5.74, 6) is -1.59. The molecule has 1 heterocycles. The Morgan fingerprint density at radius 2 is 1.67 bits per heavy atom. The van der Waals surface area contributed by atoms with Gasteiger partial charge in [-0.1, -0.05) is 12.1 Å². The topological polar surface area (TPSA) is 62.2 Å². The summed E-state index contributed by atoms with van der Waals surface area (Å²) in [6.07, 6.45) is 4.29. The summed E-state index contributed by atoms with van der Waals surface area (Å²) < 4.78 is 13.8. The van der Waals surface area contributed by atoms with Crippen LogP contribution in [0.4, 0.5) is 15.8 Å². The molecule has 0 bridgehead atoms. The first kappa shape index (κ1) is 15.7. The molecule has 0 aliphatic rings. The Hall–Kier alpha value is -3.21. The van der Waals surface area contributed by atoms with E-state index in [0.717, 1.165) is 23.6 Å². The van der Waals surface area contributed by atoms with E-state index in [0.29, 0.717) is 5.69 Å². The lowest BCUT2D eigenvalue weighted by molar-refractivity contribution is 0.0697. The summed E-state index contributed by atoms with van der Waals surface area (Å²) in [4.78, 5) is 15.0. The lowest BCUT2D eigenvalue weighted by Crippen LogP contribution is -2.00. The van der Waals surface area contributed by atoms with E-state index < -0.39 is 11.8 Å². The number of pyridine rings is 1. The van der Waals surface area contributed by atoms with Crippen LogP contribution < -0.4 is 5.32 Å². The number of carboxylic acid groups (broad SMARTS) is 1. The number of hydrogen-bond donors (Lipinski definition) is 2. The number of halogens is 1. The second kappa shape index (κ2) is 6.91. The number of carbonyl (C=O) groups is 1. The zero-order valence-electron chi connectivity index (χ0n) is 12.7. The van der Waals surface area contributed by atoms with Crippen molar-refractivity contribution < 1.29 is 14.3 Å². The largest absolute Gasteiger partial charge is 0.478 e. The van der Waals surface area contributed by atoms with Crippen LogP contribution in [-0.2, 0) is 6.42 Å². The van der Waals surface area contributed by atoms with Gasteiger partial charge >= 0.3 is 5.97 Å². The molecule has 0 aliphatic heterocycles. The van der Waals surface area contributed by atoms with Crippen molar-refractivity contribution in [1.82, 2.24) is 4.98 Å². The van der Waals surface area contributed by atoms with Gasteiger partial charge in [-0.05, 0) is 60.0 Å². The summed E-state index contributed by atoms with van der Waals surface area (Å²) in [6.45, 7) is 0. The third kappa shape index (κ3) is 3.76. The van der Waals surface area contributed by atoms with Crippen LogP contribution >= 0.6 is 0 Å². The molecule has 0 spiro atoms. The molecule has 0 unspecified atom stereocenters. The van der Waals surface area contributed by atoms with Gasteiger partial charge in [0.2, 0.25) is 0 Å². The fraction of sp³-hybridized carbons (Fsp3) is 0.0526. The number of nitrogens with one attached hydrogen (secondary N) is 1. The Morgan fingerprint density at radius 1 is 1.00 bits per heavy atom. The molecule has 120 valence electrons. The maximum Gasteiger partial charge on any atom is 0.335 e. The van der Waals surface area contributed by atoms with Crippen molar-refractivity contribution in [2.45, 2.75) is 6.42 Å². The maximum atomic E-state index is 13.8. The summed E-state index contributed by atoms with van der Waals surface area (Å²) in [7, 11) is 0. The molecule has 0 amide bonds. The number of rotatable bonds is 5. The van der Waals surface area contributed by atoms with Crippen LogP contribution in [0.1, 0.15) is 21.5 Å². The number of anilines is 2. The number of aromatic nitrogens is 1. The van der Waals surface area contributed by atoms with Gasteiger partial charge in [-0.15, -0.1) is 0 Å². The summed E-state index contributed by atoms with van der Waals surface area (Å²) in [5, 5.41) is 11.9. The highest BCUT2D eigenvalue weighted by Crippen LogP contribution is 2.22. The Morgan fingerprint density at radius 3 is 2.33 bits per heavy atom. The summed E-state index contributed by atoms with van der Waals surface area (Å²) in [6, 6.07) is 15.1. The smallest absolute Gasteiger partial charge is 0.335 e. The predicted octanol–water partition coefficient (Wildman–Crippen LogP) is 4.25. The van der Waals surface area contributed by atoms with Crippen LogP contribution in [0.5, 0.6) is 0 Å². The van der Waals surface area contributed by atoms with E-state index in [1.165, 1.54) is 12.1 Å². The first-order valence-electron chi connectivity index (χ1n) is 7.39. The normalized spacial score (nSPS) is 10.4. The van der Waals surface area contributed by atoms with Crippen molar-refractivity contribution in [2.75, 3.05) is 5.32 Å². The fourth-order valence-corrected chi connectivity index (χ4v) is 2.35. The molecular formula is C19H15FN2O2. The number of aromatic carboxylic acids is 1. The van der Waals surface area contributed by atoms with Crippen molar-refractivity contribution in [3.8, 4) is 0 Å². The molecule has 0 radical (unpaired) electrons. The van der Waals surface area contributed by atoms with Crippen LogP contribution in [-0.4, -0.2) is 16.1 Å². The molecular weight excluding hydrogens is 307 g/mol. The van der Waals surface area contributed by atoms with E-state index in [1.54, 1.807) is 12.4 Å². The summed E-state index contributed by atoms with van der Waals surface area (Å²) >= 11 is 0. The van der Waals surface area contributed by atoms with E-state index in [-0.39, 0.29) is 11.3 Å². The van der Waals surface area contributed by atoms with Gasteiger partial charge in [0.1, 0.15) is 5.82 Å². The lowest BCUT2D eigenvalue weighted by Gasteiger charge is -2.09. The minimum atomic E-state index is -1.09. The molecule has 1 aromatic heterocycles. The third-order valence-electron chi connectivity index (χ3n) is 3.60. The molecule has 24 heavy (non-hydrogen) atoms. The van der Waals surface area contributed by atoms with Gasteiger partial charge in [-0.25, -0.2) is 9.18 Å². The SMILES string of the molecule is O=C(O)c1ccc(F)c(Nc2ccc(Cc3ccncc3)cc2)c1. The standard InChI is InChI=1S/C19H15FN2O2/c20-17-6-3-15(19(23)24)12-18(17)22-16-4-1-13(2-5-16)11-14-7-9-21-10-8-14/h1-10,12,22H,11H2,(H,23,24). The van der Waals surface area contributed by atoms with Crippen molar-refractivity contribution in [1.29, 1.82) is 0 Å². The Kier molecular flexibility index (Phi) is 4.52. The molecule has 2 N–H and O–H groups in total. The number of carboxylic acids is 1. The monoisotopic (exact) mass is 322 g/mol. The maximum absolute atomic E-state index is 13.8. The first-order valence-corrected chi connectivity index (χ1v) is 7.39. The highest BCUT2D eigenvalue weighted by atomic mass is 19.1. The quantitative estimate of drug-likeness (QED) is 0.737. The van der Waals surface area contributed by atoms with Crippen LogP contribution in [0.15, 0.2) is 67.0 Å². The molecule has 0 saturated carbocycles. The van der Waals surface area contributed by atoms with Crippen molar-refractivity contribution >= 4 is 17.3 Å². The number of benzene rings is 2. The zero-order chi connectivity index (χ0) is 16.9. The lowest BCUT2D eigenvalue weighted by atomic mass is 10.1. The molecule has 0 aliphatic carbocycles. The molecule has 5 heteroatoms. The number of hydrogen-bond acceptors (Lipinski definition) is 3. The van der Waals surface area contributed by atoms with Gasteiger partial charge < -0.3 is 10.4 Å². The second-order valence-corrected chi connectivity index (χ2v) is 5.35. The highest BCUT2D eigenvalue weighted by Gasteiger charge is 2.08. The Bertz CT molecular complexity index is 849. The van der Waals surface area contributed by atoms with E-state index in [4.69, 9.17) is 5.11 Å². The van der Waals surface area contributed by atoms with E-state index >= 15 is 0 Å². The van der Waals surface area contributed by atoms with Gasteiger partial charge in [0.15, 0.2) is 0 Å². The van der Waals surface area contributed by atoms with Crippen molar-refractivity contribution in [2.24, 2.45) is 0 Å². The van der Waals surface area contributed by atoms with E-state index in [9.17, 15) is 9.18 Å². The highest BCUT2D eigenvalue weighted by molar-refractivity contribution is 5.89. The van der Waals surface area contributed by atoms with Gasteiger partial charge in [0, 0.05) is 18.1 Å². The molecule has 0 fully saturated rings. The molecule has 3 aromatic rings. The van der Waals surface area contributed by atoms with Crippen LogP contribution in [0.25, 0.3) is 0 Å². The van der Waals surface area contributed by atoms with Gasteiger partial charge in [-0.2, -0.15) is 0 Å². The van der Waals surface area contributed by atoms with Crippen LogP contribution in [0, 0.1) is 5.82 Å². The Balaban J connectivity index is 1.75. The molecule has 3 rings (SSSR count). The van der Waals surface area contributed by atoms with E-state index in [1.807, 2.05) is 36.4 Å². The second-order valence-electron chi connectivity index (χ2n) is 5.35. The molecule has 0 saturated heterocycles. The first-order chi connectivity index (χ1) is 11.6. The average Bonchev–Trinajstić information content (AvgIpc) is 2.59. The number of nitrogens with zero attached hydrogens (tertiary/aromatic N) is 1. The minimum absolute atomic E-state index is 0.0354. The molecule has 4 nitrogen and oxygen atoms in total. The van der Waals surface area contributed by atoms with Crippen molar-refractivity contribution in [3.05, 3.63) is 89.5 Å². The van der Waals surface area contributed by atoms with Crippen molar-refractivity contribution in [3.63, 3.8) is 0 Å². The van der Waals surface area contributed by atoms with Gasteiger partial charge in [0.05, 0.1) is 11.3 Å². The Labute approximate surface area is 138 Å². The van der Waals surface area contributed by atoms with Gasteiger partial charge in [0.25, 0.3) is 0 Å². The fourth-order valence-electron chi connectivity index (χ4n) is 2.35. The van der Waals surface area contributed by atoms with E-state index in [2.05, 4.69) is 10.3 Å². The minimum Gasteiger partial charge on any atom is -0.478 e. The zero-order valence-corrected chi connectivity index (χ0v) is 12.7. The van der Waals surface area contributed by atoms with Crippen LogP contribution in [0.3, 0.4) is 0 Å². The average molecular weight is 322 g/mol. The molecule has 2 aromatic carbocycles. The van der Waals surface area contributed by atoms with Crippen LogP contribution in [0.2, 0.25) is 0 Å². The summed E-state index contributed by atoms with van der Waals surface area (Å²) in [5.41, 5.74) is 3.14. The molecule has 0 atom stereocenters. The predicted molar refractivity (Wildman–Crippen MR) is 90.1 cm³/mol. The third-order valence-corrected chi connectivity index (χ3v) is 3.60. The van der Waals surface area contributed by atoms with Gasteiger partial charge in [-0.3, -0.25) is 4.98 Å².